The molecule has 6 heteroatoms. The van der Waals surface area contributed by atoms with Crippen LogP contribution in [-0.2, 0) is 4.79 Å². The molecule has 0 saturated carbocycles. The third-order valence-corrected chi connectivity index (χ3v) is 3.69. The Balaban J connectivity index is 1.90. The largest absolute Gasteiger partial charge is 0.486 e. The summed E-state index contributed by atoms with van der Waals surface area (Å²) in [5, 5.41) is 0.181. The lowest BCUT2D eigenvalue weighted by molar-refractivity contribution is -0.118. The van der Waals surface area contributed by atoms with Gasteiger partial charge in [-0.05, 0) is 37.3 Å². The summed E-state index contributed by atoms with van der Waals surface area (Å²) < 4.78 is 24.6. The van der Waals surface area contributed by atoms with Gasteiger partial charge in [-0.1, -0.05) is 17.7 Å². The van der Waals surface area contributed by atoms with Gasteiger partial charge in [-0.25, -0.2) is 4.39 Å². The van der Waals surface area contributed by atoms with Crippen molar-refractivity contribution in [3.05, 3.63) is 64.1 Å². The lowest BCUT2D eigenvalue weighted by atomic mass is 10.1. The molecule has 2 aromatic carbocycles. The van der Waals surface area contributed by atoms with E-state index in [1.807, 2.05) is 0 Å². The van der Waals surface area contributed by atoms with Crippen LogP contribution in [0.1, 0.15) is 22.8 Å². The quantitative estimate of drug-likeness (QED) is 0.783. The Morgan fingerprint density at radius 1 is 1.33 bits per heavy atom. The average molecular weight is 347 g/mol. The van der Waals surface area contributed by atoms with Crippen LogP contribution in [0.5, 0.6) is 11.5 Å². The van der Waals surface area contributed by atoms with Crippen LogP contribution < -0.4 is 9.47 Å². The monoisotopic (exact) mass is 346 g/mol. The number of rotatable bonds is 4. The topological polar surface area (TPSA) is 52.6 Å². The first kappa shape index (κ1) is 16.2. The van der Waals surface area contributed by atoms with Crippen LogP contribution in [-0.4, -0.2) is 18.2 Å². The minimum Gasteiger partial charge on any atom is -0.486 e. The van der Waals surface area contributed by atoms with E-state index in [1.165, 1.54) is 43.3 Å². The normalized spacial score (nSPS) is 14.5. The minimum absolute atomic E-state index is 0.0271. The van der Waals surface area contributed by atoms with Gasteiger partial charge in [0.1, 0.15) is 23.9 Å². The van der Waals surface area contributed by atoms with Gasteiger partial charge in [-0.15, -0.1) is 0 Å². The molecular weight excluding hydrogens is 335 g/mol. The molecule has 0 amide bonds. The molecule has 3 rings (SSSR count). The van der Waals surface area contributed by atoms with Crippen molar-refractivity contribution in [1.82, 2.24) is 0 Å². The third-order valence-electron chi connectivity index (χ3n) is 3.36. The Morgan fingerprint density at radius 3 is 2.83 bits per heavy atom. The van der Waals surface area contributed by atoms with Gasteiger partial charge in [0.15, 0.2) is 11.5 Å². The second kappa shape index (κ2) is 6.45. The summed E-state index contributed by atoms with van der Waals surface area (Å²) in [6, 6.07) is 8.87. The van der Waals surface area contributed by atoms with Crippen molar-refractivity contribution in [2.24, 2.45) is 0 Å². The van der Waals surface area contributed by atoms with Crippen molar-refractivity contribution >= 4 is 29.2 Å². The number of hydrogen-bond acceptors (Lipinski definition) is 4. The van der Waals surface area contributed by atoms with Gasteiger partial charge in [0.05, 0.1) is 10.6 Å². The number of carbonyl (C=O) groups excluding carboxylic acids is 2. The van der Waals surface area contributed by atoms with Crippen molar-refractivity contribution in [2.75, 3.05) is 6.61 Å². The number of halogens is 2. The molecule has 1 aliphatic heterocycles. The first-order valence-corrected chi connectivity index (χ1v) is 7.48. The van der Waals surface area contributed by atoms with E-state index in [0.29, 0.717) is 17.1 Å². The van der Waals surface area contributed by atoms with Crippen molar-refractivity contribution in [1.29, 1.82) is 0 Å². The Labute approximate surface area is 142 Å². The molecule has 1 heterocycles. The first-order valence-electron chi connectivity index (χ1n) is 7.10. The number of carbonyl (C=O) groups is 2. The number of hydrogen-bond donors (Lipinski definition) is 0. The van der Waals surface area contributed by atoms with Crippen molar-refractivity contribution in [3.8, 4) is 11.5 Å². The molecule has 0 spiro atoms. The molecule has 2 aromatic rings. The maximum absolute atomic E-state index is 13.9. The molecule has 4 nitrogen and oxygen atoms in total. The molecule has 24 heavy (non-hydrogen) atoms. The summed E-state index contributed by atoms with van der Waals surface area (Å²) in [4.78, 5) is 23.3. The highest BCUT2D eigenvalue weighted by Gasteiger charge is 2.28. The standard InChI is InChI=1S/C18H12ClFO4/c1-10(21)9-23-11-5-6-12-16(7-11)24-17(18(12)22)8-13-14(19)3-2-4-15(13)20/h2-8H,9H2,1H3/b17-8+. The SMILES string of the molecule is CC(=O)COc1ccc2c(c1)O/C(=C/c1c(F)cccc1Cl)C2=O. The molecular formula is C18H12ClFO4. The molecule has 0 unspecified atom stereocenters. The van der Waals surface area contributed by atoms with E-state index in [-0.39, 0.29) is 34.5 Å². The van der Waals surface area contributed by atoms with Crippen LogP contribution in [0.15, 0.2) is 42.2 Å². The smallest absolute Gasteiger partial charge is 0.231 e. The van der Waals surface area contributed by atoms with Gasteiger partial charge in [-0.2, -0.15) is 0 Å². The van der Waals surface area contributed by atoms with E-state index in [2.05, 4.69) is 0 Å². The molecule has 0 aliphatic carbocycles. The number of allylic oxidation sites excluding steroid dienone is 1. The summed E-state index contributed by atoms with van der Waals surface area (Å²) in [7, 11) is 0. The second-order valence-electron chi connectivity index (χ2n) is 5.22. The summed E-state index contributed by atoms with van der Waals surface area (Å²) in [5.41, 5.74) is 0.423. The molecule has 1 aliphatic rings. The fourth-order valence-electron chi connectivity index (χ4n) is 2.22. The highest BCUT2D eigenvalue weighted by Crippen LogP contribution is 2.35. The maximum Gasteiger partial charge on any atom is 0.231 e. The number of benzene rings is 2. The van der Waals surface area contributed by atoms with Gasteiger partial charge >= 0.3 is 0 Å². The zero-order valence-corrected chi connectivity index (χ0v) is 13.4. The summed E-state index contributed by atoms with van der Waals surface area (Å²) in [6.07, 6.45) is 1.27. The van der Waals surface area contributed by atoms with Crippen molar-refractivity contribution in [2.45, 2.75) is 6.92 Å². The molecule has 0 fully saturated rings. The van der Waals surface area contributed by atoms with Gasteiger partial charge in [-0.3, -0.25) is 9.59 Å². The number of fused-ring (bicyclic) bond motifs is 1. The first-order chi connectivity index (χ1) is 11.5. The third kappa shape index (κ3) is 3.16. The average Bonchev–Trinajstić information content (AvgIpc) is 2.85. The van der Waals surface area contributed by atoms with E-state index in [9.17, 15) is 14.0 Å². The Kier molecular flexibility index (Phi) is 4.36. The van der Waals surface area contributed by atoms with E-state index in [0.717, 1.165) is 0 Å². The number of Topliss-reactive ketones (excluding diaryl/α,β-unsaturated/α-hetero) is 2. The summed E-state index contributed by atoms with van der Waals surface area (Å²) in [5.74, 6) is -0.375. The highest BCUT2D eigenvalue weighted by atomic mass is 35.5. The molecule has 0 saturated heterocycles. The zero-order chi connectivity index (χ0) is 17.3. The van der Waals surface area contributed by atoms with Crippen molar-refractivity contribution in [3.63, 3.8) is 0 Å². The van der Waals surface area contributed by atoms with Crippen LogP contribution in [0.2, 0.25) is 5.02 Å². The van der Waals surface area contributed by atoms with E-state index in [4.69, 9.17) is 21.1 Å². The predicted octanol–water partition coefficient (Wildman–Crippen LogP) is 4.06. The van der Waals surface area contributed by atoms with E-state index >= 15 is 0 Å². The Bertz CT molecular complexity index is 853. The van der Waals surface area contributed by atoms with Crippen molar-refractivity contribution < 1.29 is 23.5 Å². The van der Waals surface area contributed by atoms with Crippen LogP contribution in [0.4, 0.5) is 4.39 Å². The van der Waals surface area contributed by atoms with Gasteiger partial charge in [0.25, 0.3) is 0 Å². The van der Waals surface area contributed by atoms with Crippen LogP contribution >= 0.6 is 11.6 Å². The molecule has 0 N–H and O–H groups in total. The minimum atomic E-state index is -0.548. The second-order valence-corrected chi connectivity index (χ2v) is 5.63. The Morgan fingerprint density at radius 2 is 2.12 bits per heavy atom. The van der Waals surface area contributed by atoms with Gasteiger partial charge in [0.2, 0.25) is 5.78 Å². The number of ketones is 2. The van der Waals surface area contributed by atoms with Gasteiger partial charge < -0.3 is 9.47 Å². The van der Waals surface area contributed by atoms with E-state index in [1.54, 1.807) is 6.07 Å². The van der Waals surface area contributed by atoms with E-state index < -0.39 is 5.82 Å². The highest BCUT2D eigenvalue weighted by molar-refractivity contribution is 6.32. The van der Waals surface area contributed by atoms with Crippen LogP contribution in [0.25, 0.3) is 6.08 Å². The number of ether oxygens (including phenoxy) is 2. The fraction of sp³-hybridized carbons (Fsp3) is 0.111. The Hall–Kier alpha value is -2.66. The maximum atomic E-state index is 13.9. The van der Waals surface area contributed by atoms with Gasteiger partial charge in [0, 0.05) is 11.6 Å². The molecule has 0 atom stereocenters. The lowest BCUT2D eigenvalue weighted by Gasteiger charge is -2.05. The lowest BCUT2D eigenvalue weighted by Crippen LogP contribution is -2.06. The molecule has 0 bridgehead atoms. The predicted molar refractivity (Wildman–Crippen MR) is 87.0 cm³/mol. The summed E-state index contributed by atoms with van der Waals surface area (Å²) >= 11 is 5.96. The molecule has 122 valence electrons. The molecule has 0 radical (unpaired) electrons. The summed E-state index contributed by atoms with van der Waals surface area (Å²) in [6.45, 7) is 1.34. The molecule has 0 aromatic heterocycles. The zero-order valence-electron chi connectivity index (χ0n) is 12.6. The van der Waals surface area contributed by atoms with Crippen LogP contribution in [0.3, 0.4) is 0 Å². The fourth-order valence-corrected chi connectivity index (χ4v) is 2.44. The van der Waals surface area contributed by atoms with Crippen LogP contribution in [0, 0.1) is 5.82 Å².